The maximum absolute atomic E-state index is 2.32. The van der Waals surface area contributed by atoms with E-state index >= 15 is 0 Å². The van der Waals surface area contributed by atoms with Crippen molar-refractivity contribution in [1.82, 2.24) is 4.57 Å². The van der Waals surface area contributed by atoms with Crippen LogP contribution in [0, 0.1) is 27.7 Å². The van der Waals surface area contributed by atoms with Crippen molar-refractivity contribution in [2.75, 3.05) is 0 Å². The van der Waals surface area contributed by atoms with E-state index in [1.54, 1.807) is 0 Å². The lowest BCUT2D eigenvalue weighted by Crippen LogP contribution is -1.89. The summed E-state index contributed by atoms with van der Waals surface area (Å²) in [5, 5.41) is 2.75. The lowest BCUT2D eigenvalue weighted by atomic mass is 10.0. The fraction of sp³-hybridized carbons (Fsp3) is 0.294. The van der Waals surface area contributed by atoms with Crippen LogP contribution in [0.15, 0.2) is 24.3 Å². The van der Waals surface area contributed by atoms with E-state index in [0.717, 1.165) is 0 Å². The maximum atomic E-state index is 2.32. The van der Waals surface area contributed by atoms with Gasteiger partial charge in [0.25, 0.3) is 0 Å². The van der Waals surface area contributed by atoms with Crippen LogP contribution >= 0.6 is 0 Å². The van der Waals surface area contributed by atoms with Gasteiger partial charge in [0.15, 0.2) is 0 Å². The zero-order valence-corrected chi connectivity index (χ0v) is 11.8. The zero-order valence-electron chi connectivity index (χ0n) is 11.8. The Bertz CT molecular complexity index is 710. The van der Waals surface area contributed by atoms with Crippen LogP contribution in [0.25, 0.3) is 21.8 Å². The highest BCUT2D eigenvalue weighted by Crippen LogP contribution is 2.31. The SMILES string of the molecule is Cc1cc2c3cc(C)c(C)cc3n(C)c2cc1C. The third-order valence-corrected chi connectivity index (χ3v) is 4.24. The van der Waals surface area contributed by atoms with Crippen LogP contribution < -0.4 is 0 Å². The minimum atomic E-state index is 1.33. The highest BCUT2D eigenvalue weighted by molar-refractivity contribution is 6.08. The van der Waals surface area contributed by atoms with Crippen LogP contribution in [-0.2, 0) is 7.05 Å². The number of rotatable bonds is 0. The highest BCUT2D eigenvalue weighted by Gasteiger charge is 2.10. The largest absolute Gasteiger partial charge is 0.344 e. The molecule has 3 aromatic rings. The summed E-state index contributed by atoms with van der Waals surface area (Å²) in [4.78, 5) is 0. The van der Waals surface area contributed by atoms with Gasteiger partial charge in [-0.1, -0.05) is 0 Å². The van der Waals surface area contributed by atoms with E-state index in [9.17, 15) is 0 Å². The van der Waals surface area contributed by atoms with Gasteiger partial charge in [-0.05, 0) is 74.2 Å². The topological polar surface area (TPSA) is 4.93 Å². The number of nitrogens with zero attached hydrogens (tertiary/aromatic N) is 1. The molecule has 1 heterocycles. The molecule has 0 bridgehead atoms. The average molecular weight is 237 g/mol. The Kier molecular flexibility index (Phi) is 2.28. The molecule has 0 aliphatic carbocycles. The molecule has 0 N–H and O–H groups in total. The lowest BCUT2D eigenvalue weighted by Gasteiger charge is -2.02. The van der Waals surface area contributed by atoms with Gasteiger partial charge in [-0.15, -0.1) is 0 Å². The summed E-state index contributed by atoms with van der Waals surface area (Å²) < 4.78 is 2.31. The summed E-state index contributed by atoms with van der Waals surface area (Å²) in [5.74, 6) is 0. The molecule has 0 saturated carbocycles. The Morgan fingerprint density at radius 2 is 0.944 bits per heavy atom. The van der Waals surface area contributed by atoms with Gasteiger partial charge in [0, 0.05) is 28.9 Å². The van der Waals surface area contributed by atoms with Crippen molar-refractivity contribution in [3.63, 3.8) is 0 Å². The molecule has 0 atom stereocenters. The quantitative estimate of drug-likeness (QED) is 0.540. The van der Waals surface area contributed by atoms with Crippen molar-refractivity contribution in [2.24, 2.45) is 7.05 Å². The lowest BCUT2D eigenvalue weighted by molar-refractivity contribution is 1.01. The molecule has 0 aliphatic rings. The highest BCUT2D eigenvalue weighted by atomic mass is 14.9. The number of hydrogen-bond acceptors (Lipinski definition) is 0. The molecule has 1 nitrogen and oxygen atoms in total. The first-order valence-corrected chi connectivity index (χ1v) is 6.45. The number of aryl methyl sites for hydroxylation is 5. The molecule has 0 unspecified atom stereocenters. The van der Waals surface area contributed by atoms with Gasteiger partial charge in [0.2, 0.25) is 0 Å². The molecule has 0 saturated heterocycles. The number of hydrogen-bond donors (Lipinski definition) is 0. The Morgan fingerprint density at radius 1 is 0.611 bits per heavy atom. The van der Waals surface area contributed by atoms with E-state index in [1.807, 2.05) is 0 Å². The molecule has 0 fully saturated rings. The maximum Gasteiger partial charge on any atom is 0.0491 e. The molecule has 0 amide bonds. The van der Waals surface area contributed by atoms with E-state index in [-0.39, 0.29) is 0 Å². The summed E-state index contributed by atoms with van der Waals surface area (Å²) in [5.41, 5.74) is 8.13. The van der Waals surface area contributed by atoms with Crippen LogP contribution in [0.1, 0.15) is 22.3 Å². The van der Waals surface area contributed by atoms with Crippen LogP contribution in [0.5, 0.6) is 0 Å². The van der Waals surface area contributed by atoms with Gasteiger partial charge in [-0.2, -0.15) is 0 Å². The monoisotopic (exact) mass is 237 g/mol. The minimum absolute atomic E-state index is 1.33. The molecule has 3 rings (SSSR count). The first-order chi connectivity index (χ1) is 8.49. The second-order valence-electron chi connectivity index (χ2n) is 5.47. The van der Waals surface area contributed by atoms with E-state index in [4.69, 9.17) is 0 Å². The molecule has 92 valence electrons. The van der Waals surface area contributed by atoms with Crippen molar-refractivity contribution >= 4 is 21.8 Å². The standard InChI is InChI=1S/C17H19N/c1-10-6-14-15-7-11(2)13(4)9-17(15)18(5)16(14)8-12(10)3/h6-9H,1-5H3. The average Bonchev–Trinajstić information content (AvgIpc) is 2.56. The van der Waals surface area contributed by atoms with Crippen LogP contribution in [0.3, 0.4) is 0 Å². The minimum Gasteiger partial charge on any atom is -0.344 e. The molecular formula is C17H19N. The second kappa shape index (κ2) is 3.61. The van der Waals surface area contributed by atoms with E-state index in [0.29, 0.717) is 0 Å². The Morgan fingerprint density at radius 3 is 1.33 bits per heavy atom. The molecule has 2 aromatic carbocycles. The van der Waals surface area contributed by atoms with E-state index in [1.165, 1.54) is 44.1 Å². The first kappa shape index (κ1) is 11.3. The predicted molar refractivity (Wildman–Crippen MR) is 79.4 cm³/mol. The summed E-state index contributed by atoms with van der Waals surface area (Å²) in [6.07, 6.45) is 0. The third-order valence-electron chi connectivity index (χ3n) is 4.24. The zero-order chi connectivity index (χ0) is 13.0. The molecule has 1 aromatic heterocycles. The fourth-order valence-electron chi connectivity index (χ4n) is 2.72. The molecule has 0 aliphatic heterocycles. The summed E-state index contributed by atoms with van der Waals surface area (Å²) >= 11 is 0. The predicted octanol–water partition coefficient (Wildman–Crippen LogP) is 4.57. The van der Waals surface area contributed by atoms with E-state index < -0.39 is 0 Å². The van der Waals surface area contributed by atoms with Gasteiger partial charge in [-0.25, -0.2) is 0 Å². The normalized spacial score (nSPS) is 11.6. The van der Waals surface area contributed by atoms with Crippen molar-refractivity contribution in [1.29, 1.82) is 0 Å². The van der Waals surface area contributed by atoms with Gasteiger partial charge in [0.1, 0.15) is 0 Å². The van der Waals surface area contributed by atoms with Gasteiger partial charge in [0.05, 0.1) is 0 Å². The van der Waals surface area contributed by atoms with Gasteiger partial charge < -0.3 is 4.57 Å². The van der Waals surface area contributed by atoms with Crippen molar-refractivity contribution < 1.29 is 0 Å². The number of aromatic nitrogens is 1. The summed E-state index contributed by atoms with van der Waals surface area (Å²) in [6.45, 7) is 8.75. The van der Waals surface area contributed by atoms with Crippen LogP contribution in [0.4, 0.5) is 0 Å². The Hall–Kier alpha value is -1.76. The number of benzene rings is 2. The number of fused-ring (bicyclic) bond motifs is 3. The Balaban J connectivity index is 2.58. The van der Waals surface area contributed by atoms with Crippen LogP contribution in [0.2, 0.25) is 0 Å². The van der Waals surface area contributed by atoms with Crippen LogP contribution in [-0.4, -0.2) is 4.57 Å². The molecule has 0 radical (unpaired) electrons. The third kappa shape index (κ3) is 1.40. The molecule has 18 heavy (non-hydrogen) atoms. The van der Waals surface area contributed by atoms with Crippen molar-refractivity contribution in [2.45, 2.75) is 27.7 Å². The Labute approximate surface area is 108 Å². The molecular weight excluding hydrogens is 218 g/mol. The van der Waals surface area contributed by atoms with Crippen molar-refractivity contribution in [3.8, 4) is 0 Å². The van der Waals surface area contributed by atoms with Crippen molar-refractivity contribution in [3.05, 3.63) is 46.5 Å². The summed E-state index contributed by atoms with van der Waals surface area (Å²) in [6, 6.07) is 9.24. The van der Waals surface area contributed by atoms with E-state index in [2.05, 4.69) is 63.6 Å². The second-order valence-corrected chi connectivity index (χ2v) is 5.47. The van der Waals surface area contributed by atoms with Gasteiger partial charge in [-0.3, -0.25) is 0 Å². The fourth-order valence-corrected chi connectivity index (χ4v) is 2.72. The van der Waals surface area contributed by atoms with Gasteiger partial charge >= 0.3 is 0 Å². The first-order valence-electron chi connectivity index (χ1n) is 6.45. The smallest absolute Gasteiger partial charge is 0.0491 e. The molecule has 1 heteroatoms. The summed E-state index contributed by atoms with van der Waals surface area (Å²) in [7, 11) is 2.16. The molecule has 0 spiro atoms.